The van der Waals surface area contributed by atoms with Crippen molar-refractivity contribution in [3.05, 3.63) is 35.5 Å². The van der Waals surface area contributed by atoms with Crippen LogP contribution in [-0.4, -0.2) is 85.0 Å². The molecule has 1 aliphatic carbocycles. The van der Waals surface area contributed by atoms with Crippen molar-refractivity contribution < 1.29 is 9.59 Å². The summed E-state index contributed by atoms with van der Waals surface area (Å²) in [6, 6.07) is 6.57. The lowest BCUT2D eigenvalue weighted by molar-refractivity contribution is -0.135. The number of amides is 3. The van der Waals surface area contributed by atoms with Gasteiger partial charge >= 0.3 is 6.03 Å². The number of urea groups is 1. The normalized spacial score (nSPS) is 23.1. The van der Waals surface area contributed by atoms with Crippen LogP contribution in [0.25, 0.3) is 10.9 Å². The van der Waals surface area contributed by atoms with Gasteiger partial charge in [0.05, 0.1) is 5.92 Å². The van der Waals surface area contributed by atoms with E-state index in [1.807, 2.05) is 21.0 Å². The molecule has 4 rings (SSSR count). The smallest absolute Gasteiger partial charge is 0.324 e. The van der Waals surface area contributed by atoms with Crippen molar-refractivity contribution in [1.82, 2.24) is 25.0 Å². The number of piperidine rings is 1. The molecule has 0 radical (unpaired) electrons. The van der Waals surface area contributed by atoms with Gasteiger partial charge in [0.15, 0.2) is 0 Å². The third-order valence-electron chi connectivity index (χ3n) is 6.90. The predicted molar refractivity (Wildman–Crippen MR) is 123 cm³/mol. The first-order valence-electron chi connectivity index (χ1n) is 11.4. The molecule has 1 fully saturated rings. The molecule has 0 saturated carbocycles. The zero-order chi connectivity index (χ0) is 22.1. The molecule has 0 spiro atoms. The second kappa shape index (κ2) is 9.01. The van der Waals surface area contributed by atoms with Crippen LogP contribution < -0.4 is 5.32 Å². The molecule has 2 N–H and O–H groups in total. The van der Waals surface area contributed by atoms with Gasteiger partial charge < -0.3 is 20.1 Å². The number of nitrogens with one attached hydrogen (secondary N) is 2. The van der Waals surface area contributed by atoms with Gasteiger partial charge in [0.1, 0.15) is 0 Å². The molecule has 2 aromatic rings. The average molecular weight is 426 g/mol. The van der Waals surface area contributed by atoms with Crippen molar-refractivity contribution in [3.63, 3.8) is 0 Å². The molecule has 0 bridgehead atoms. The molecule has 3 unspecified atom stereocenters. The Morgan fingerprint density at radius 1 is 1.26 bits per heavy atom. The second-order valence-electron chi connectivity index (χ2n) is 9.32. The first-order valence-corrected chi connectivity index (χ1v) is 11.4. The zero-order valence-electron chi connectivity index (χ0n) is 19.1. The molecule has 2 heterocycles. The monoisotopic (exact) mass is 425 g/mol. The molecule has 168 valence electrons. The van der Waals surface area contributed by atoms with Crippen molar-refractivity contribution >= 4 is 22.8 Å². The highest BCUT2D eigenvalue weighted by atomic mass is 16.2. The summed E-state index contributed by atoms with van der Waals surface area (Å²) in [6.07, 6.45) is 4.71. The van der Waals surface area contributed by atoms with Gasteiger partial charge in [-0.25, -0.2) is 4.79 Å². The fourth-order valence-electron chi connectivity index (χ4n) is 5.44. The third-order valence-corrected chi connectivity index (χ3v) is 6.90. The molecule has 1 aromatic heterocycles. The first-order chi connectivity index (χ1) is 14.9. The Labute approximate surface area is 184 Å². The molecule has 1 aliphatic heterocycles. The number of hydrogen-bond donors (Lipinski definition) is 2. The van der Waals surface area contributed by atoms with Crippen molar-refractivity contribution in [2.45, 2.75) is 38.1 Å². The number of benzene rings is 1. The van der Waals surface area contributed by atoms with Crippen LogP contribution in [-0.2, 0) is 11.2 Å². The minimum absolute atomic E-state index is 0.0398. The van der Waals surface area contributed by atoms with Crippen molar-refractivity contribution in [3.8, 4) is 0 Å². The molecular formula is C24H35N5O2. The maximum absolute atomic E-state index is 13.6. The first kappa shape index (κ1) is 21.8. The average Bonchev–Trinajstić information content (AvgIpc) is 3.15. The fourth-order valence-corrected chi connectivity index (χ4v) is 5.44. The van der Waals surface area contributed by atoms with Gasteiger partial charge in [-0.15, -0.1) is 0 Å². The summed E-state index contributed by atoms with van der Waals surface area (Å²) in [5.74, 6) is 0.0866. The Morgan fingerprint density at radius 2 is 2.06 bits per heavy atom. The largest absolute Gasteiger partial charge is 0.361 e. The summed E-state index contributed by atoms with van der Waals surface area (Å²) in [6.45, 7) is 4.39. The number of imide groups is 1. The number of nitrogens with zero attached hydrogens (tertiary/aromatic N) is 3. The standard InChI is InChI=1S/C24H35N5O2/c1-5-25-24(31)29(11-7-10-27(2)3)23(30)17-12-19-18-8-6-9-20-22(18)16(14-26-20)13-21(19)28(4)15-17/h6,8-9,14,17,19,21,26H,5,7,10-13,15H2,1-4H3,(H,25,31). The Hall–Kier alpha value is -2.38. The van der Waals surface area contributed by atoms with E-state index in [1.54, 1.807) is 0 Å². The van der Waals surface area contributed by atoms with E-state index in [0.29, 0.717) is 31.6 Å². The van der Waals surface area contributed by atoms with E-state index in [2.05, 4.69) is 51.5 Å². The summed E-state index contributed by atoms with van der Waals surface area (Å²) in [7, 11) is 6.14. The third kappa shape index (κ3) is 4.21. The van der Waals surface area contributed by atoms with Gasteiger partial charge in [-0.1, -0.05) is 12.1 Å². The number of aromatic nitrogens is 1. The van der Waals surface area contributed by atoms with Crippen molar-refractivity contribution in [2.24, 2.45) is 5.92 Å². The molecule has 31 heavy (non-hydrogen) atoms. The maximum Gasteiger partial charge on any atom is 0.324 e. The number of H-pyrrole nitrogens is 1. The highest BCUT2D eigenvalue weighted by Crippen LogP contribution is 2.44. The van der Waals surface area contributed by atoms with E-state index in [-0.39, 0.29) is 17.9 Å². The number of aromatic amines is 1. The number of hydrogen-bond acceptors (Lipinski definition) is 4. The van der Waals surface area contributed by atoms with Gasteiger partial charge in [-0.3, -0.25) is 9.69 Å². The van der Waals surface area contributed by atoms with Gasteiger partial charge in [-0.05, 0) is 71.1 Å². The Kier molecular flexibility index (Phi) is 6.34. The molecule has 7 heteroatoms. The molecule has 7 nitrogen and oxygen atoms in total. The quantitative estimate of drug-likeness (QED) is 0.746. The molecule has 2 aliphatic rings. The molecule has 1 saturated heterocycles. The van der Waals surface area contributed by atoms with Gasteiger partial charge in [0, 0.05) is 48.7 Å². The lowest BCUT2D eigenvalue weighted by Crippen LogP contribution is -2.54. The molecular weight excluding hydrogens is 390 g/mol. The van der Waals surface area contributed by atoms with E-state index < -0.39 is 0 Å². The lowest BCUT2D eigenvalue weighted by atomic mass is 9.72. The van der Waals surface area contributed by atoms with Crippen molar-refractivity contribution in [1.29, 1.82) is 0 Å². The van der Waals surface area contributed by atoms with E-state index in [0.717, 1.165) is 25.8 Å². The van der Waals surface area contributed by atoms with Crippen LogP contribution in [0.4, 0.5) is 4.79 Å². The summed E-state index contributed by atoms with van der Waals surface area (Å²) in [4.78, 5) is 35.6. The minimum atomic E-state index is -0.269. The highest BCUT2D eigenvalue weighted by molar-refractivity contribution is 5.96. The molecule has 3 amide bonds. The number of rotatable bonds is 6. The summed E-state index contributed by atoms with van der Waals surface area (Å²) in [5, 5.41) is 4.16. The van der Waals surface area contributed by atoms with E-state index in [1.165, 1.54) is 26.9 Å². The molecule has 1 aromatic carbocycles. The minimum Gasteiger partial charge on any atom is -0.361 e. The number of likely N-dealkylation sites (N-methyl/N-ethyl adjacent to an activating group) is 1. The Morgan fingerprint density at radius 3 is 2.81 bits per heavy atom. The fraction of sp³-hybridized carbons (Fsp3) is 0.583. The summed E-state index contributed by atoms with van der Waals surface area (Å²) < 4.78 is 0. The Bertz CT molecular complexity index is 953. The number of carbonyl (C=O) groups excluding carboxylic acids is 2. The van der Waals surface area contributed by atoms with Gasteiger partial charge in [0.2, 0.25) is 5.91 Å². The van der Waals surface area contributed by atoms with Crippen LogP contribution in [0.15, 0.2) is 24.4 Å². The Balaban J connectivity index is 1.57. The zero-order valence-corrected chi connectivity index (χ0v) is 19.1. The molecule has 3 atom stereocenters. The van der Waals surface area contributed by atoms with Gasteiger partial charge in [0.25, 0.3) is 0 Å². The van der Waals surface area contributed by atoms with Crippen LogP contribution in [0.5, 0.6) is 0 Å². The topological polar surface area (TPSA) is 71.7 Å². The van der Waals surface area contributed by atoms with Crippen LogP contribution in [0, 0.1) is 5.92 Å². The van der Waals surface area contributed by atoms with E-state index in [9.17, 15) is 9.59 Å². The highest BCUT2D eigenvalue weighted by Gasteiger charge is 2.43. The maximum atomic E-state index is 13.6. The SMILES string of the molecule is CCNC(=O)N(CCCN(C)C)C(=O)C1CC2c3cccc4[nH]cc(c34)CC2N(C)C1. The summed E-state index contributed by atoms with van der Waals surface area (Å²) in [5.41, 5.74) is 3.89. The second-order valence-corrected chi connectivity index (χ2v) is 9.32. The number of likely N-dealkylation sites (tertiary alicyclic amines) is 1. The van der Waals surface area contributed by atoms with Crippen molar-refractivity contribution in [2.75, 3.05) is 47.3 Å². The van der Waals surface area contributed by atoms with Crippen LogP contribution in [0.2, 0.25) is 0 Å². The number of fused-ring (bicyclic) bond motifs is 2. The predicted octanol–water partition coefficient (Wildman–Crippen LogP) is 2.64. The van der Waals surface area contributed by atoms with Crippen LogP contribution in [0.1, 0.15) is 36.8 Å². The van der Waals surface area contributed by atoms with Crippen LogP contribution >= 0.6 is 0 Å². The van der Waals surface area contributed by atoms with E-state index in [4.69, 9.17) is 0 Å². The lowest BCUT2D eigenvalue weighted by Gasteiger charge is -2.45. The van der Waals surface area contributed by atoms with Gasteiger partial charge in [-0.2, -0.15) is 0 Å². The van der Waals surface area contributed by atoms with E-state index >= 15 is 0 Å². The van der Waals surface area contributed by atoms with Crippen LogP contribution in [0.3, 0.4) is 0 Å². The summed E-state index contributed by atoms with van der Waals surface area (Å²) >= 11 is 0. The number of carbonyl (C=O) groups is 2.